The molecular formula is C21H23N3O4. The van der Waals surface area contributed by atoms with Gasteiger partial charge < -0.3 is 19.3 Å². The highest BCUT2D eigenvalue weighted by atomic mass is 16.5. The second-order valence-corrected chi connectivity index (χ2v) is 6.31. The zero-order valence-corrected chi connectivity index (χ0v) is 16.1. The van der Waals surface area contributed by atoms with Crippen LogP contribution in [0.1, 0.15) is 30.8 Å². The average molecular weight is 381 g/mol. The van der Waals surface area contributed by atoms with Crippen LogP contribution in [0.3, 0.4) is 0 Å². The minimum absolute atomic E-state index is 0.0792. The minimum Gasteiger partial charge on any atom is -0.497 e. The van der Waals surface area contributed by atoms with Gasteiger partial charge in [-0.2, -0.15) is 4.98 Å². The smallest absolute Gasteiger partial charge is 0.227 e. The van der Waals surface area contributed by atoms with E-state index in [9.17, 15) is 4.79 Å². The fraction of sp³-hybridized carbons (Fsp3) is 0.286. The molecule has 0 aliphatic carbocycles. The molecule has 7 heteroatoms. The molecule has 1 N–H and O–H groups in total. The summed E-state index contributed by atoms with van der Waals surface area (Å²) in [5.74, 6) is 2.32. The average Bonchev–Trinajstić information content (AvgIpc) is 3.21. The number of rotatable bonds is 8. The zero-order chi connectivity index (χ0) is 19.9. The Kier molecular flexibility index (Phi) is 6.26. The van der Waals surface area contributed by atoms with E-state index in [0.717, 1.165) is 22.6 Å². The lowest BCUT2D eigenvalue weighted by Gasteiger charge is -2.14. The van der Waals surface area contributed by atoms with Gasteiger partial charge in [0.25, 0.3) is 0 Å². The van der Waals surface area contributed by atoms with Gasteiger partial charge in [-0.25, -0.2) is 0 Å². The number of amides is 1. The van der Waals surface area contributed by atoms with E-state index in [1.807, 2.05) is 55.5 Å². The molecule has 1 amide bonds. The number of benzene rings is 2. The normalized spacial score (nSPS) is 11.7. The van der Waals surface area contributed by atoms with E-state index in [1.165, 1.54) is 0 Å². The number of nitrogens with zero attached hydrogens (tertiary/aromatic N) is 2. The molecule has 0 unspecified atom stereocenters. The predicted octanol–water partition coefficient (Wildman–Crippen LogP) is 3.56. The highest BCUT2D eigenvalue weighted by Gasteiger charge is 2.13. The second kappa shape index (κ2) is 9.03. The maximum absolute atomic E-state index is 12.2. The molecule has 7 nitrogen and oxygen atoms in total. The van der Waals surface area contributed by atoms with Gasteiger partial charge in [0.05, 0.1) is 20.3 Å². The molecule has 0 bridgehead atoms. The minimum atomic E-state index is -0.103. The van der Waals surface area contributed by atoms with Crippen molar-refractivity contribution in [2.24, 2.45) is 0 Å². The summed E-state index contributed by atoms with van der Waals surface area (Å²) in [4.78, 5) is 16.6. The number of hydrogen-bond acceptors (Lipinski definition) is 6. The summed E-state index contributed by atoms with van der Waals surface area (Å²) in [6.07, 6.45) is 0.637. The number of hydrogen-bond donors (Lipinski definition) is 1. The number of aryl methyl sites for hydroxylation is 1. The molecular weight excluding hydrogens is 358 g/mol. The number of carbonyl (C=O) groups is 1. The number of carbonyl (C=O) groups excluding carboxylic acids is 1. The number of aromatic nitrogens is 2. The first-order chi connectivity index (χ1) is 13.6. The molecule has 0 aliphatic heterocycles. The van der Waals surface area contributed by atoms with Crippen LogP contribution in [0.4, 0.5) is 0 Å². The van der Waals surface area contributed by atoms with Gasteiger partial charge in [0, 0.05) is 18.4 Å². The quantitative estimate of drug-likeness (QED) is 0.642. The van der Waals surface area contributed by atoms with Gasteiger partial charge in [0.15, 0.2) is 0 Å². The third kappa shape index (κ3) is 4.88. The predicted molar refractivity (Wildman–Crippen MR) is 104 cm³/mol. The Balaban J connectivity index is 1.53. The molecule has 1 aromatic heterocycles. The van der Waals surface area contributed by atoms with Crippen molar-refractivity contribution in [1.29, 1.82) is 0 Å². The third-order valence-corrected chi connectivity index (χ3v) is 4.36. The Hall–Kier alpha value is -3.35. The van der Waals surface area contributed by atoms with Crippen LogP contribution in [0.2, 0.25) is 0 Å². The molecule has 0 aliphatic rings. The summed E-state index contributed by atoms with van der Waals surface area (Å²) in [5.41, 5.74) is 1.80. The van der Waals surface area contributed by atoms with E-state index in [0.29, 0.717) is 18.1 Å². The zero-order valence-electron chi connectivity index (χ0n) is 16.1. The monoisotopic (exact) mass is 381 g/mol. The van der Waals surface area contributed by atoms with Crippen molar-refractivity contribution in [1.82, 2.24) is 15.5 Å². The fourth-order valence-electron chi connectivity index (χ4n) is 2.75. The first kappa shape index (κ1) is 19.4. The van der Waals surface area contributed by atoms with Crippen LogP contribution in [0.5, 0.6) is 11.5 Å². The van der Waals surface area contributed by atoms with Crippen LogP contribution < -0.4 is 14.8 Å². The largest absolute Gasteiger partial charge is 0.497 e. The Labute approximate surface area is 163 Å². The van der Waals surface area contributed by atoms with E-state index in [1.54, 1.807) is 14.2 Å². The van der Waals surface area contributed by atoms with E-state index in [-0.39, 0.29) is 18.4 Å². The second-order valence-electron chi connectivity index (χ2n) is 6.31. The van der Waals surface area contributed by atoms with Crippen molar-refractivity contribution in [3.63, 3.8) is 0 Å². The first-order valence-corrected chi connectivity index (χ1v) is 8.99. The molecule has 3 rings (SSSR count). The number of methoxy groups -OCH3 is 2. The van der Waals surface area contributed by atoms with Crippen LogP contribution in [-0.4, -0.2) is 30.3 Å². The summed E-state index contributed by atoms with van der Waals surface area (Å²) in [7, 11) is 3.23. The Morgan fingerprint density at radius 1 is 1.11 bits per heavy atom. The number of nitrogens with one attached hydrogen (secondary N) is 1. The molecule has 2 aromatic carbocycles. The lowest BCUT2D eigenvalue weighted by molar-refractivity contribution is -0.121. The molecule has 0 saturated heterocycles. The molecule has 1 atom stereocenters. The van der Waals surface area contributed by atoms with E-state index in [4.69, 9.17) is 14.0 Å². The SMILES string of the molecule is COc1ccc([C@@H](C)NC(=O)CCc2nc(-c3cccc(OC)c3)no2)cc1. The Morgan fingerprint density at radius 3 is 2.57 bits per heavy atom. The van der Waals surface area contributed by atoms with Crippen molar-refractivity contribution in [2.75, 3.05) is 14.2 Å². The number of ether oxygens (including phenoxy) is 2. The van der Waals surface area contributed by atoms with Crippen LogP contribution in [0.25, 0.3) is 11.4 Å². The maximum Gasteiger partial charge on any atom is 0.227 e. The lowest BCUT2D eigenvalue weighted by Crippen LogP contribution is -2.26. The van der Waals surface area contributed by atoms with Gasteiger partial charge >= 0.3 is 0 Å². The molecule has 28 heavy (non-hydrogen) atoms. The van der Waals surface area contributed by atoms with E-state index in [2.05, 4.69) is 15.5 Å². The van der Waals surface area contributed by atoms with Gasteiger partial charge in [-0.15, -0.1) is 0 Å². The summed E-state index contributed by atoms with van der Waals surface area (Å²) >= 11 is 0. The van der Waals surface area contributed by atoms with Gasteiger partial charge in [-0.3, -0.25) is 4.79 Å². The maximum atomic E-state index is 12.2. The van der Waals surface area contributed by atoms with Crippen molar-refractivity contribution in [3.05, 3.63) is 60.0 Å². The molecule has 1 heterocycles. The Morgan fingerprint density at radius 2 is 1.86 bits per heavy atom. The lowest BCUT2D eigenvalue weighted by atomic mass is 10.1. The van der Waals surface area contributed by atoms with Gasteiger partial charge in [0.1, 0.15) is 11.5 Å². The molecule has 0 fully saturated rings. The van der Waals surface area contributed by atoms with Crippen molar-refractivity contribution in [3.8, 4) is 22.9 Å². The van der Waals surface area contributed by atoms with Crippen molar-refractivity contribution < 1.29 is 18.8 Å². The van der Waals surface area contributed by atoms with Gasteiger partial charge in [-0.1, -0.05) is 29.4 Å². The Bertz CT molecular complexity index is 921. The van der Waals surface area contributed by atoms with Crippen LogP contribution in [0.15, 0.2) is 53.1 Å². The van der Waals surface area contributed by atoms with Gasteiger partial charge in [-0.05, 0) is 36.8 Å². The van der Waals surface area contributed by atoms with Gasteiger partial charge in [0.2, 0.25) is 17.6 Å². The summed E-state index contributed by atoms with van der Waals surface area (Å²) in [5, 5.41) is 6.95. The molecule has 0 spiro atoms. The van der Waals surface area contributed by atoms with Crippen LogP contribution in [-0.2, 0) is 11.2 Å². The van der Waals surface area contributed by atoms with Crippen LogP contribution in [0, 0.1) is 0 Å². The van der Waals surface area contributed by atoms with Crippen molar-refractivity contribution >= 4 is 5.91 Å². The first-order valence-electron chi connectivity index (χ1n) is 8.99. The summed E-state index contributed by atoms with van der Waals surface area (Å²) in [6.45, 7) is 1.94. The third-order valence-electron chi connectivity index (χ3n) is 4.36. The summed E-state index contributed by atoms with van der Waals surface area (Å²) < 4.78 is 15.6. The summed E-state index contributed by atoms with van der Waals surface area (Å²) in [6, 6.07) is 14.9. The highest BCUT2D eigenvalue weighted by molar-refractivity contribution is 5.76. The standard InChI is InChI=1S/C21H23N3O4/c1-14(15-7-9-17(26-2)10-8-15)22-19(25)11-12-20-23-21(24-28-20)16-5-4-6-18(13-16)27-3/h4-10,13-14H,11-12H2,1-3H3,(H,22,25)/t14-/m1/s1. The molecule has 0 saturated carbocycles. The van der Waals surface area contributed by atoms with Crippen molar-refractivity contribution in [2.45, 2.75) is 25.8 Å². The topological polar surface area (TPSA) is 86.5 Å². The van der Waals surface area contributed by atoms with E-state index >= 15 is 0 Å². The highest BCUT2D eigenvalue weighted by Crippen LogP contribution is 2.21. The van der Waals surface area contributed by atoms with E-state index < -0.39 is 0 Å². The molecule has 146 valence electrons. The van der Waals surface area contributed by atoms with Crippen LogP contribution >= 0.6 is 0 Å². The molecule has 3 aromatic rings. The fourth-order valence-corrected chi connectivity index (χ4v) is 2.75. The molecule has 0 radical (unpaired) electrons.